The summed E-state index contributed by atoms with van der Waals surface area (Å²) in [6, 6.07) is 25.8. The fourth-order valence-corrected chi connectivity index (χ4v) is 6.73. The lowest BCUT2D eigenvalue weighted by Crippen LogP contribution is -2.56. The zero-order chi connectivity index (χ0) is 36.1. The fraction of sp³-hybridized carbons (Fsp3) is 0.351. The van der Waals surface area contributed by atoms with Gasteiger partial charge >= 0.3 is 6.09 Å². The summed E-state index contributed by atoms with van der Waals surface area (Å²) in [6.07, 6.45) is -2.04. The highest BCUT2D eigenvalue weighted by molar-refractivity contribution is 7.89. The third-order valence-electron chi connectivity index (χ3n) is 8.10. The molecule has 1 heterocycles. The molecule has 0 spiro atoms. The van der Waals surface area contributed by atoms with Crippen molar-refractivity contribution in [2.45, 2.75) is 62.8 Å². The molecule has 0 aliphatic carbocycles. The first-order valence-corrected chi connectivity index (χ1v) is 18.0. The highest BCUT2D eigenvalue weighted by Crippen LogP contribution is 2.19. The van der Waals surface area contributed by atoms with Crippen molar-refractivity contribution in [3.05, 3.63) is 108 Å². The van der Waals surface area contributed by atoms with Crippen molar-refractivity contribution in [1.82, 2.24) is 25.2 Å². The van der Waals surface area contributed by atoms with Gasteiger partial charge in [-0.15, -0.1) is 0 Å². The van der Waals surface area contributed by atoms with E-state index in [9.17, 15) is 27.9 Å². The number of fused-ring (bicyclic) bond motifs is 1. The number of carbonyl (C=O) groups is 3. The van der Waals surface area contributed by atoms with E-state index in [0.717, 1.165) is 16.5 Å². The fourth-order valence-electron chi connectivity index (χ4n) is 5.23. The Bertz CT molecular complexity index is 1820. The van der Waals surface area contributed by atoms with Gasteiger partial charge in [0.1, 0.15) is 12.6 Å². The van der Waals surface area contributed by atoms with Gasteiger partial charge in [-0.05, 0) is 48.6 Å². The van der Waals surface area contributed by atoms with Gasteiger partial charge in [0, 0.05) is 25.5 Å². The van der Waals surface area contributed by atoms with Gasteiger partial charge in [-0.1, -0.05) is 86.6 Å². The molecule has 0 fully saturated rings. The second kappa shape index (κ2) is 18.2. The van der Waals surface area contributed by atoms with Crippen molar-refractivity contribution in [3.63, 3.8) is 0 Å². The molecular weight excluding hydrogens is 659 g/mol. The highest BCUT2D eigenvalue weighted by atomic mass is 32.2. The molecule has 3 atom stereocenters. The van der Waals surface area contributed by atoms with Gasteiger partial charge in [0.25, 0.3) is 0 Å². The normalized spacial score (nSPS) is 13.4. The Hall–Kier alpha value is -4.85. The minimum atomic E-state index is -3.99. The van der Waals surface area contributed by atoms with Gasteiger partial charge < -0.3 is 25.8 Å². The number of ether oxygens (including phenoxy) is 1. The number of para-hydroxylation sites is 1. The molecule has 0 radical (unpaired) electrons. The Kier molecular flexibility index (Phi) is 13.8. The number of sulfonamides is 1. The Labute approximate surface area is 293 Å². The van der Waals surface area contributed by atoms with E-state index in [4.69, 9.17) is 4.74 Å². The minimum absolute atomic E-state index is 0.0897. The van der Waals surface area contributed by atoms with Crippen LogP contribution < -0.4 is 16.0 Å². The number of nitrogens with one attached hydrogen (secondary N) is 3. The van der Waals surface area contributed by atoms with Crippen molar-refractivity contribution < 1.29 is 32.6 Å². The van der Waals surface area contributed by atoms with Crippen LogP contribution in [0.1, 0.15) is 37.9 Å². The number of amides is 3. The summed E-state index contributed by atoms with van der Waals surface area (Å²) in [5.41, 5.74) is 1.99. The van der Waals surface area contributed by atoms with E-state index in [1.54, 1.807) is 24.3 Å². The van der Waals surface area contributed by atoms with Crippen LogP contribution in [0.4, 0.5) is 4.79 Å². The molecule has 0 saturated heterocycles. The lowest BCUT2D eigenvalue weighted by atomic mass is 10.00. The molecule has 0 saturated carbocycles. The van der Waals surface area contributed by atoms with Crippen LogP contribution in [0.5, 0.6) is 0 Å². The first-order valence-electron chi connectivity index (χ1n) is 16.5. The Morgan fingerprint density at radius 1 is 0.880 bits per heavy atom. The predicted molar refractivity (Wildman–Crippen MR) is 190 cm³/mol. The van der Waals surface area contributed by atoms with Crippen LogP contribution in [0.15, 0.2) is 102 Å². The molecule has 0 aliphatic heterocycles. The molecular formula is C37H45N5O7S. The van der Waals surface area contributed by atoms with Crippen LogP contribution >= 0.6 is 0 Å². The minimum Gasteiger partial charge on any atom is -0.443 e. The average Bonchev–Trinajstić information content (AvgIpc) is 3.12. The molecule has 4 rings (SSSR count). The first kappa shape index (κ1) is 38.0. The average molecular weight is 704 g/mol. The van der Waals surface area contributed by atoms with Crippen LogP contribution in [-0.2, 0) is 37.4 Å². The molecule has 0 bridgehead atoms. The van der Waals surface area contributed by atoms with Crippen LogP contribution in [0, 0.1) is 5.92 Å². The molecule has 3 unspecified atom stereocenters. The van der Waals surface area contributed by atoms with Crippen LogP contribution in [0.2, 0.25) is 0 Å². The Morgan fingerprint density at radius 3 is 2.22 bits per heavy atom. The summed E-state index contributed by atoms with van der Waals surface area (Å²) in [4.78, 5) is 43.7. The summed E-state index contributed by atoms with van der Waals surface area (Å²) in [7, 11) is -2.59. The smallest absolute Gasteiger partial charge is 0.408 e. The molecule has 50 heavy (non-hydrogen) atoms. The Morgan fingerprint density at radius 2 is 1.54 bits per heavy atom. The third kappa shape index (κ3) is 11.1. The molecule has 266 valence electrons. The topological polar surface area (TPSA) is 167 Å². The maximum absolute atomic E-state index is 13.8. The van der Waals surface area contributed by atoms with Crippen LogP contribution in [0.25, 0.3) is 10.9 Å². The number of nitrogens with zero attached hydrogens (tertiary/aromatic N) is 2. The standard InChI is InChI=1S/C37H45N5O7S/c1-26(2)20-21-42(50(47,48)30-15-8-5-9-16-30)24-34(43)32(22-27-12-6-4-7-13-27)40-36(45)33(23-35(44)38-3)41-37(46)49-25-29-19-18-28-14-10-11-17-31(28)39-29/h4-19,26,32-34,43H,20-25H2,1-3H3,(H,38,44)(H,40,45)(H,41,46). The number of hydrogen-bond donors (Lipinski definition) is 4. The number of carbonyl (C=O) groups excluding carboxylic acids is 3. The van der Waals surface area contributed by atoms with Gasteiger partial charge in [-0.25, -0.2) is 18.2 Å². The van der Waals surface area contributed by atoms with Crippen molar-refractivity contribution in [2.24, 2.45) is 5.92 Å². The van der Waals surface area contributed by atoms with E-state index < -0.39 is 52.5 Å². The van der Waals surface area contributed by atoms with Gasteiger partial charge in [-0.2, -0.15) is 4.31 Å². The number of rotatable bonds is 17. The number of aliphatic hydroxyl groups is 1. The lowest BCUT2D eigenvalue weighted by Gasteiger charge is -2.31. The summed E-state index contributed by atoms with van der Waals surface area (Å²) < 4.78 is 34.0. The zero-order valence-corrected chi connectivity index (χ0v) is 29.3. The van der Waals surface area contributed by atoms with Crippen molar-refractivity contribution >= 4 is 38.8 Å². The van der Waals surface area contributed by atoms with E-state index in [2.05, 4.69) is 20.9 Å². The van der Waals surface area contributed by atoms with E-state index in [0.29, 0.717) is 12.1 Å². The van der Waals surface area contributed by atoms with Crippen molar-refractivity contribution in [1.29, 1.82) is 0 Å². The molecule has 1 aromatic heterocycles. The monoisotopic (exact) mass is 703 g/mol. The van der Waals surface area contributed by atoms with E-state index >= 15 is 0 Å². The summed E-state index contributed by atoms with van der Waals surface area (Å²) >= 11 is 0. The largest absolute Gasteiger partial charge is 0.443 e. The zero-order valence-electron chi connectivity index (χ0n) is 28.5. The quantitative estimate of drug-likeness (QED) is 0.129. The summed E-state index contributed by atoms with van der Waals surface area (Å²) in [5, 5.41) is 20.3. The second-order valence-corrected chi connectivity index (χ2v) is 14.3. The number of pyridine rings is 1. The van der Waals surface area contributed by atoms with Crippen molar-refractivity contribution in [2.75, 3.05) is 20.1 Å². The molecule has 4 N–H and O–H groups in total. The molecule has 0 aliphatic rings. The second-order valence-electron chi connectivity index (χ2n) is 12.4. The number of benzene rings is 3. The first-order chi connectivity index (χ1) is 24.0. The maximum Gasteiger partial charge on any atom is 0.408 e. The molecule has 12 nitrogen and oxygen atoms in total. The summed E-state index contributed by atoms with van der Waals surface area (Å²) in [6.45, 7) is 3.62. The maximum atomic E-state index is 13.8. The van der Waals surface area contributed by atoms with Gasteiger partial charge in [0.05, 0.1) is 34.7 Å². The summed E-state index contributed by atoms with van der Waals surface area (Å²) in [5.74, 6) is -1.08. The molecule has 3 amide bonds. The molecule has 3 aromatic carbocycles. The number of aromatic nitrogens is 1. The van der Waals surface area contributed by atoms with E-state index in [1.165, 1.54) is 23.5 Å². The SMILES string of the molecule is CNC(=O)CC(NC(=O)OCc1ccc2ccccc2n1)C(=O)NC(Cc1ccccc1)C(O)CN(CCC(C)C)S(=O)(=O)c1ccccc1. The van der Waals surface area contributed by atoms with Gasteiger partial charge in [0.2, 0.25) is 21.8 Å². The molecule has 13 heteroatoms. The molecule has 4 aromatic rings. The number of aliphatic hydroxyl groups excluding tert-OH is 1. The lowest BCUT2D eigenvalue weighted by molar-refractivity contribution is -0.129. The Balaban J connectivity index is 1.52. The van der Waals surface area contributed by atoms with E-state index in [1.807, 2.05) is 74.5 Å². The van der Waals surface area contributed by atoms with Gasteiger partial charge in [-0.3, -0.25) is 9.59 Å². The van der Waals surface area contributed by atoms with E-state index in [-0.39, 0.29) is 36.9 Å². The van der Waals surface area contributed by atoms with Gasteiger partial charge in [0.15, 0.2) is 0 Å². The van der Waals surface area contributed by atoms with Crippen LogP contribution in [0.3, 0.4) is 0 Å². The highest BCUT2D eigenvalue weighted by Gasteiger charge is 2.33. The van der Waals surface area contributed by atoms with Crippen LogP contribution in [-0.4, -0.2) is 79.0 Å². The number of alkyl carbamates (subject to hydrolysis) is 1. The number of hydrogen-bond acceptors (Lipinski definition) is 8. The predicted octanol–water partition coefficient (Wildman–Crippen LogP) is 3.79. The van der Waals surface area contributed by atoms with Crippen molar-refractivity contribution in [3.8, 4) is 0 Å². The third-order valence-corrected chi connectivity index (χ3v) is 9.98.